The van der Waals surface area contributed by atoms with Gasteiger partial charge in [-0.05, 0) is 12.1 Å². The van der Waals surface area contributed by atoms with Crippen LogP contribution in [0.15, 0.2) is 42.5 Å². The van der Waals surface area contributed by atoms with Crippen molar-refractivity contribution in [1.29, 1.82) is 0 Å². The number of hydrogen-bond donors (Lipinski definition) is 0. The van der Waals surface area contributed by atoms with Gasteiger partial charge in [-0.3, -0.25) is 4.79 Å². The zero-order valence-corrected chi connectivity index (χ0v) is 16.0. The van der Waals surface area contributed by atoms with E-state index in [1.807, 2.05) is 6.07 Å². The molecule has 27 heavy (non-hydrogen) atoms. The average Bonchev–Trinajstić information content (AvgIpc) is 2.70. The molecule has 0 saturated heterocycles. The third-order valence-electron chi connectivity index (χ3n) is 3.89. The SMILES string of the molecule is COc1cc(C(=O)O[C@H](C(=O)N(C)C)c2ccccc2)cc(OC)c1OC. The number of carbonyl (C=O) groups is 2. The van der Waals surface area contributed by atoms with Gasteiger partial charge < -0.3 is 23.8 Å². The highest BCUT2D eigenvalue weighted by Gasteiger charge is 2.28. The highest BCUT2D eigenvalue weighted by Crippen LogP contribution is 2.38. The maximum Gasteiger partial charge on any atom is 0.339 e. The minimum atomic E-state index is -1.06. The second kappa shape index (κ2) is 8.93. The Morgan fingerprint density at radius 2 is 1.44 bits per heavy atom. The fraction of sp³-hybridized carbons (Fsp3) is 0.300. The molecule has 1 amide bonds. The molecule has 0 heterocycles. The van der Waals surface area contributed by atoms with E-state index in [2.05, 4.69) is 0 Å². The van der Waals surface area contributed by atoms with Crippen molar-refractivity contribution < 1.29 is 28.5 Å². The molecule has 0 saturated carbocycles. The smallest absolute Gasteiger partial charge is 0.339 e. The van der Waals surface area contributed by atoms with Crippen LogP contribution in [-0.2, 0) is 9.53 Å². The first-order valence-corrected chi connectivity index (χ1v) is 8.20. The predicted molar refractivity (Wildman–Crippen MR) is 99.4 cm³/mol. The molecule has 0 radical (unpaired) electrons. The number of hydrogen-bond acceptors (Lipinski definition) is 6. The second-order valence-electron chi connectivity index (χ2n) is 5.84. The van der Waals surface area contributed by atoms with E-state index < -0.39 is 12.1 Å². The number of amides is 1. The van der Waals surface area contributed by atoms with Crippen molar-refractivity contribution in [3.63, 3.8) is 0 Å². The molecule has 0 spiro atoms. The zero-order chi connectivity index (χ0) is 20.0. The average molecular weight is 373 g/mol. The summed E-state index contributed by atoms with van der Waals surface area (Å²) < 4.78 is 21.3. The Labute approximate surface area is 158 Å². The fourth-order valence-corrected chi connectivity index (χ4v) is 2.50. The molecule has 2 aromatic rings. The number of rotatable bonds is 7. The lowest BCUT2D eigenvalue weighted by atomic mass is 10.1. The van der Waals surface area contributed by atoms with E-state index in [1.165, 1.54) is 38.4 Å². The van der Waals surface area contributed by atoms with Gasteiger partial charge in [-0.2, -0.15) is 0 Å². The molecular formula is C20H23NO6. The first kappa shape index (κ1) is 20.1. The Balaban J connectivity index is 2.39. The highest BCUT2D eigenvalue weighted by atomic mass is 16.6. The molecule has 0 aliphatic rings. The van der Waals surface area contributed by atoms with Crippen LogP contribution in [0.4, 0.5) is 0 Å². The summed E-state index contributed by atoms with van der Waals surface area (Å²) in [5.74, 6) is -0.0289. The summed E-state index contributed by atoms with van der Waals surface area (Å²) in [6.07, 6.45) is -1.06. The summed E-state index contributed by atoms with van der Waals surface area (Å²) >= 11 is 0. The van der Waals surface area contributed by atoms with Crippen molar-refractivity contribution in [1.82, 2.24) is 4.90 Å². The second-order valence-corrected chi connectivity index (χ2v) is 5.84. The fourth-order valence-electron chi connectivity index (χ4n) is 2.50. The normalized spacial score (nSPS) is 11.3. The molecule has 7 nitrogen and oxygen atoms in total. The first-order valence-electron chi connectivity index (χ1n) is 8.20. The van der Waals surface area contributed by atoms with E-state index in [1.54, 1.807) is 38.4 Å². The van der Waals surface area contributed by atoms with Crippen molar-refractivity contribution in [2.24, 2.45) is 0 Å². The summed E-state index contributed by atoms with van der Waals surface area (Å²) in [7, 11) is 7.58. The van der Waals surface area contributed by atoms with Gasteiger partial charge in [-0.25, -0.2) is 4.79 Å². The lowest BCUT2D eigenvalue weighted by molar-refractivity contribution is -0.138. The van der Waals surface area contributed by atoms with E-state index in [0.29, 0.717) is 22.8 Å². The molecule has 7 heteroatoms. The topological polar surface area (TPSA) is 74.3 Å². The number of methoxy groups -OCH3 is 3. The van der Waals surface area contributed by atoms with Gasteiger partial charge in [-0.1, -0.05) is 30.3 Å². The maximum absolute atomic E-state index is 12.7. The maximum atomic E-state index is 12.7. The standard InChI is InChI=1S/C20H23NO6/c1-21(2)19(22)17(13-9-7-6-8-10-13)27-20(23)14-11-15(24-3)18(26-5)16(12-14)25-4/h6-12,17H,1-5H3/t17-/m0/s1. The van der Waals surface area contributed by atoms with Gasteiger partial charge >= 0.3 is 5.97 Å². The number of esters is 1. The van der Waals surface area contributed by atoms with Crippen LogP contribution in [0.2, 0.25) is 0 Å². The minimum absolute atomic E-state index is 0.178. The molecule has 0 aliphatic heterocycles. The number of nitrogens with zero attached hydrogens (tertiary/aromatic N) is 1. The van der Waals surface area contributed by atoms with Gasteiger partial charge in [0, 0.05) is 19.7 Å². The van der Waals surface area contributed by atoms with Gasteiger partial charge in [0.1, 0.15) is 0 Å². The van der Waals surface area contributed by atoms with E-state index in [0.717, 1.165) is 0 Å². The first-order chi connectivity index (χ1) is 12.9. The summed E-state index contributed by atoms with van der Waals surface area (Å²) in [6.45, 7) is 0. The number of carbonyl (C=O) groups excluding carboxylic acids is 2. The Kier molecular flexibility index (Phi) is 6.65. The summed E-state index contributed by atoms with van der Waals surface area (Å²) in [5, 5.41) is 0. The number of likely N-dealkylation sites (N-methyl/N-ethyl adjacent to an activating group) is 1. The lowest BCUT2D eigenvalue weighted by Crippen LogP contribution is -2.31. The Bertz CT molecular complexity index is 778. The monoisotopic (exact) mass is 373 g/mol. The molecule has 0 bridgehead atoms. The van der Waals surface area contributed by atoms with E-state index in [9.17, 15) is 9.59 Å². The molecule has 0 aromatic heterocycles. The van der Waals surface area contributed by atoms with Gasteiger partial charge in [0.15, 0.2) is 11.5 Å². The Morgan fingerprint density at radius 3 is 1.89 bits per heavy atom. The third-order valence-corrected chi connectivity index (χ3v) is 3.89. The number of ether oxygens (including phenoxy) is 4. The summed E-state index contributed by atoms with van der Waals surface area (Å²) in [5.41, 5.74) is 0.758. The lowest BCUT2D eigenvalue weighted by Gasteiger charge is -2.21. The quantitative estimate of drug-likeness (QED) is 0.695. The predicted octanol–water partition coefficient (Wildman–Crippen LogP) is 2.70. The molecule has 0 fully saturated rings. The third kappa shape index (κ3) is 4.49. The van der Waals surface area contributed by atoms with Crippen LogP contribution in [-0.4, -0.2) is 52.2 Å². The van der Waals surface area contributed by atoms with Crippen LogP contribution in [0, 0.1) is 0 Å². The van der Waals surface area contributed by atoms with Gasteiger partial charge in [0.25, 0.3) is 5.91 Å². The van der Waals surface area contributed by atoms with Crippen molar-refractivity contribution in [2.45, 2.75) is 6.10 Å². The van der Waals surface area contributed by atoms with Crippen molar-refractivity contribution in [2.75, 3.05) is 35.4 Å². The van der Waals surface area contributed by atoms with Crippen molar-refractivity contribution >= 4 is 11.9 Å². The minimum Gasteiger partial charge on any atom is -0.493 e. The Morgan fingerprint density at radius 1 is 0.889 bits per heavy atom. The van der Waals surface area contributed by atoms with Crippen LogP contribution >= 0.6 is 0 Å². The van der Waals surface area contributed by atoms with Crippen molar-refractivity contribution in [3.05, 3.63) is 53.6 Å². The molecule has 2 aromatic carbocycles. The van der Waals surface area contributed by atoms with Crippen LogP contribution in [0.5, 0.6) is 17.2 Å². The summed E-state index contributed by atoms with van der Waals surface area (Å²) in [6, 6.07) is 11.8. The molecule has 0 aliphatic carbocycles. The van der Waals surface area contributed by atoms with Crippen LogP contribution in [0.3, 0.4) is 0 Å². The summed E-state index contributed by atoms with van der Waals surface area (Å²) in [4.78, 5) is 26.7. The number of benzene rings is 2. The van der Waals surface area contributed by atoms with Crippen LogP contribution in [0.1, 0.15) is 22.0 Å². The largest absolute Gasteiger partial charge is 0.493 e. The molecule has 144 valence electrons. The molecule has 0 N–H and O–H groups in total. The molecule has 2 rings (SSSR count). The van der Waals surface area contributed by atoms with E-state index >= 15 is 0 Å². The van der Waals surface area contributed by atoms with Crippen LogP contribution in [0.25, 0.3) is 0 Å². The van der Waals surface area contributed by atoms with E-state index in [-0.39, 0.29) is 11.5 Å². The van der Waals surface area contributed by atoms with Crippen LogP contribution < -0.4 is 14.2 Å². The Hall–Kier alpha value is -3.22. The van der Waals surface area contributed by atoms with Gasteiger partial charge in [0.2, 0.25) is 11.9 Å². The molecule has 1 atom stereocenters. The van der Waals surface area contributed by atoms with Crippen molar-refractivity contribution in [3.8, 4) is 17.2 Å². The van der Waals surface area contributed by atoms with E-state index in [4.69, 9.17) is 18.9 Å². The van der Waals surface area contributed by atoms with Gasteiger partial charge in [-0.15, -0.1) is 0 Å². The zero-order valence-electron chi connectivity index (χ0n) is 16.0. The molecule has 0 unspecified atom stereocenters. The highest BCUT2D eigenvalue weighted by molar-refractivity contribution is 5.94. The molecular weight excluding hydrogens is 350 g/mol. The van der Waals surface area contributed by atoms with Gasteiger partial charge in [0.05, 0.1) is 26.9 Å².